The average Bonchev–Trinajstić information content (AvgIpc) is 3.09. The van der Waals surface area contributed by atoms with E-state index in [0.717, 1.165) is 23.8 Å². The fourth-order valence-electron chi connectivity index (χ4n) is 3.75. The molecule has 2 heterocycles. The number of hydrogen-bond acceptors (Lipinski definition) is 3. The molecular weight excluding hydrogens is 320 g/mol. The molecule has 5 heteroatoms. The number of halogens is 1. The summed E-state index contributed by atoms with van der Waals surface area (Å²) in [6.45, 7) is 0. The third-order valence-corrected chi connectivity index (χ3v) is 5.09. The molecule has 5 rings (SSSR count). The van der Waals surface area contributed by atoms with Crippen LogP contribution in [0, 0.1) is 0 Å². The Kier molecular flexibility index (Phi) is 3.00. The Balaban J connectivity index is 1.73. The van der Waals surface area contributed by atoms with Gasteiger partial charge >= 0.3 is 0 Å². The number of benzene rings is 2. The van der Waals surface area contributed by atoms with Crippen molar-refractivity contribution in [2.24, 2.45) is 0 Å². The molecule has 118 valence electrons. The number of aryl methyl sites for hydroxylation is 1. The molecule has 0 fully saturated rings. The van der Waals surface area contributed by atoms with Crippen LogP contribution in [0.15, 0.2) is 60.4 Å². The van der Waals surface area contributed by atoms with Gasteiger partial charge in [0.05, 0.1) is 5.70 Å². The Morgan fingerprint density at radius 2 is 1.88 bits per heavy atom. The lowest BCUT2D eigenvalue weighted by Gasteiger charge is -2.34. The number of nitrogens with zero attached hydrogens (tertiary/aromatic N) is 3. The van der Waals surface area contributed by atoms with Crippen LogP contribution in [0.5, 0.6) is 0 Å². The second kappa shape index (κ2) is 5.21. The SMILES string of the molecule is Clc1ccc([C@@H]2C3=C(Nc4ncnn42)c2ccccc2CC3)cc1. The fraction of sp³-hybridized carbons (Fsp3) is 0.158. The van der Waals surface area contributed by atoms with Crippen LogP contribution in [-0.4, -0.2) is 14.8 Å². The second-order valence-corrected chi connectivity index (χ2v) is 6.60. The predicted molar refractivity (Wildman–Crippen MR) is 94.9 cm³/mol. The van der Waals surface area contributed by atoms with E-state index in [9.17, 15) is 0 Å². The van der Waals surface area contributed by atoms with Crippen LogP contribution in [-0.2, 0) is 6.42 Å². The van der Waals surface area contributed by atoms with Crippen molar-refractivity contribution in [3.63, 3.8) is 0 Å². The third kappa shape index (κ3) is 2.00. The molecule has 2 aromatic carbocycles. The molecule has 1 aliphatic carbocycles. The normalized spacial score (nSPS) is 18.5. The van der Waals surface area contributed by atoms with Crippen LogP contribution >= 0.6 is 11.6 Å². The quantitative estimate of drug-likeness (QED) is 0.721. The van der Waals surface area contributed by atoms with Gasteiger partial charge in [0.15, 0.2) is 0 Å². The summed E-state index contributed by atoms with van der Waals surface area (Å²) in [5.41, 5.74) is 6.37. The zero-order valence-electron chi connectivity index (χ0n) is 12.9. The van der Waals surface area contributed by atoms with Gasteiger partial charge in [-0.1, -0.05) is 48.0 Å². The Bertz CT molecular complexity index is 956. The summed E-state index contributed by atoms with van der Waals surface area (Å²) >= 11 is 6.07. The summed E-state index contributed by atoms with van der Waals surface area (Å²) in [6.07, 6.45) is 3.66. The van der Waals surface area contributed by atoms with Crippen molar-refractivity contribution < 1.29 is 0 Å². The van der Waals surface area contributed by atoms with Crippen LogP contribution in [0.1, 0.15) is 29.2 Å². The predicted octanol–water partition coefficient (Wildman–Crippen LogP) is 4.30. The van der Waals surface area contributed by atoms with E-state index in [0.29, 0.717) is 0 Å². The molecule has 3 aromatic rings. The van der Waals surface area contributed by atoms with Crippen LogP contribution in [0.2, 0.25) is 5.02 Å². The van der Waals surface area contributed by atoms with E-state index >= 15 is 0 Å². The minimum Gasteiger partial charge on any atom is -0.324 e. The van der Waals surface area contributed by atoms with Gasteiger partial charge in [-0.2, -0.15) is 10.1 Å². The lowest BCUT2D eigenvalue weighted by molar-refractivity contribution is 0.562. The molecule has 1 aromatic heterocycles. The number of allylic oxidation sites excluding steroid dienone is 1. The van der Waals surface area contributed by atoms with Crippen LogP contribution in [0.25, 0.3) is 5.70 Å². The minimum absolute atomic E-state index is 0.0596. The number of anilines is 1. The van der Waals surface area contributed by atoms with Crippen LogP contribution in [0.4, 0.5) is 5.95 Å². The van der Waals surface area contributed by atoms with Crippen molar-refractivity contribution in [3.8, 4) is 0 Å². The molecule has 0 radical (unpaired) electrons. The third-order valence-electron chi connectivity index (χ3n) is 4.84. The zero-order chi connectivity index (χ0) is 16.1. The maximum absolute atomic E-state index is 6.07. The number of rotatable bonds is 1. The maximum Gasteiger partial charge on any atom is 0.226 e. The molecule has 0 bridgehead atoms. The van der Waals surface area contributed by atoms with Gasteiger partial charge in [-0.25, -0.2) is 4.68 Å². The van der Waals surface area contributed by atoms with E-state index in [1.54, 1.807) is 6.33 Å². The highest BCUT2D eigenvalue weighted by Gasteiger charge is 2.33. The minimum atomic E-state index is 0.0596. The Morgan fingerprint density at radius 1 is 1.04 bits per heavy atom. The number of aromatic nitrogens is 3. The molecule has 1 aliphatic heterocycles. The van der Waals surface area contributed by atoms with Crippen molar-refractivity contribution in [2.45, 2.75) is 18.9 Å². The van der Waals surface area contributed by atoms with Gasteiger partial charge in [0.1, 0.15) is 12.4 Å². The first-order valence-corrected chi connectivity index (χ1v) is 8.42. The van der Waals surface area contributed by atoms with Crippen molar-refractivity contribution in [1.82, 2.24) is 14.8 Å². The Hall–Kier alpha value is -2.59. The molecule has 0 unspecified atom stereocenters. The summed E-state index contributed by atoms with van der Waals surface area (Å²) < 4.78 is 1.97. The molecule has 0 saturated carbocycles. The number of nitrogens with one attached hydrogen (secondary N) is 1. The number of fused-ring (bicyclic) bond motifs is 3. The fourth-order valence-corrected chi connectivity index (χ4v) is 3.87. The summed E-state index contributed by atoms with van der Waals surface area (Å²) in [7, 11) is 0. The molecule has 4 nitrogen and oxygen atoms in total. The van der Waals surface area contributed by atoms with E-state index in [4.69, 9.17) is 11.6 Å². The van der Waals surface area contributed by atoms with Gasteiger partial charge in [0.25, 0.3) is 0 Å². The molecule has 0 amide bonds. The molecule has 1 N–H and O–H groups in total. The smallest absolute Gasteiger partial charge is 0.226 e. The zero-order valence-corrected chi connectivity index (χ0v) is 13.7. The van der Waals surface area contributed by atoms with Gasteiger partial charge < -0.3 is 5.32 Å². The maximum atomic E-state index is 6.07. The summed E-state index contributed by atoms with van der Waals surface area (Å²) in [5, 5.41) is 8.69. The first kappa shape index (κ1) is 13.8. The van der Waals surface area contributed by atoms with E-state index in [1.165, 1.54) is 28.0 Å². The first-order valence-electron chi connectivity index (χ1n) is 8.04. The van der Waals surface area contributed by atoms with Gasteiger partial charge in [-0.3, -0.25) is 0 Å². The molecule has 0 saturated heterocycles. The lowest BCUT2D eigenvalue weighted by Crippen LogP contribution is -2.27. The number of hydrogen-bond donors (Lipinski definition) is 1. The van der Waals surface area contributed by atoms with E-state index in [2.05, 4.69) is 51.8 Å². The Labute approximate surface area is 144 Å². The van der Waals surface area contributed by atoms with Gasteiger partial charge in [0, 0.05) is 10.6 Å². The van der Waals surface area contributed by atoms with Gasteiger partial charge in [-0.15, -0.1) is 0 Å². The summed E-state index contributed by atoms with van der Waals surface area (Å²) in [6, 6.07) is 16.7. The molecule has 24 heavy (non-hydrogen) atoms. The topological polar surface area (TPSA) is 42.7 Å². The summed E-state index contributed by atoms with van der Waals surface area (Å²) in [5.74, 6) is 0.783. The first-order chi connectivity index (χ1) is 11.8. The van der Waals surface area contributed by atoms with Crippen molar-refractivity contribution >= 4 is 23.2 Å². The molecule has 1 atom stereocenters. The van der Waals surface area contributed by atoms with Gasteiger partial charge in [0.2, 0.25) is 5.95 Å². The van der Waals surface area contributed by atoms with Crippen LogP contribution < -0.4 is 5.32 Å². The van der Waals surface area contributed by atoms with Crippen molar-refractivity contribution in [2.75, 3.05) is 5.32 Å². The molecule has 0 spiro atoms. The highest BCUT2D eigenvalue weighted by atomic mass is 35.5. The molecule has 2 aliphatic rings. The van der Waals surface area contributed by atoms with E-state index in [-0.39, 0.29) is 6.04 Å². The van der Waals surface area contributed by atoms with E-state index < -0.39 is 0 Å². The largest absolute Gasteiger partial charge is 0.324 e. The van der Waals surface area contributed by atoms with E-state index in [1.807, 2.05) is 16.8 Å². The van der Waals surface area contributed by atoms with Crippen LogP contribution in [0.3, 0.4) is 0 Å². The van der Waals surface area contributed by atoms with Crippen molar-refractivity contribution in [3.05, 3.63) is 82.1 Å². The molecular formula is C19H15ClN4. The standard InChI is InChI=1S/C19H15ClN4/c20-14-8-5-13(6-9-14)18-16-10-7-12-3-1-2-4-15(12)17(16)23-19-21-11-22-24(18)19/h1-6,8-9,11,18H,7,10H2,(H,21,22,23)/t18-/m1/s1. The summed E-state index contributed by atoms with van der Waals surface area (Å²) in [4.78, 5) is 4.39. The highest BCUT2D eigenvalue weighted by Crippen LogP contribution is 2.43. The average molecular weight is 335 g/mol. The van der Waals surface area contributed by atoms with Gasteiger partial charge in [-0.05, 0) is 41.7 Å². The lowest BCUT2D eigenvalue weighted by atomic mass is 9.83. The highest BCUT2D eigenvalue weighted by molar-refractivity contribution is 6.30. The Morgan fingerprint density at radius 3 is 2.75 bits per heavy atom. The monoisotopic (exact) mass is 334 g/mol. The van der Waals surface area contributed by atoms with Crippen molar-refractivity contribution in [1.29, 1.82) is 0 Å². The second-order valence-electron chi connectivity index (χ2n) is 6.16.